The lowest BCUT2D eigenvalue weighted by molar-refractivity contribution is 0.0118. The van der Waals surface area contributed by atoms with E-state index in [2.05, 4.69) is 10.3 Å². The number of hydrogen-bond donors (Lipinski definition) is 1. The van der Waals surface area contributed by atoms with Gasteiger partial charge in [-0.05, 0) is 12.1 Å². The third-order valence-electron chi connectivity index (χ3n) is 2.82. The van der Waals surface area contributed by atoms with Crippen LogP contribution in [0.15, 0.2) is 22.6 Å². The van der Waals surface area contributed by atoms with Crippen molar-refractivity contribution in [3.05, 3.63) is 24.1 Å². The number of ether oxygens (including phenoxy) is 2. The number of methoxy groups -OCH3 is 1. The lowest BCUT2D eigenvalue weighted by Gasteiger charge is -2.20. The summed E-state index contributed by atoms with van der Waals surface area (Å²) in [6.07, 6.45) is -0.110. The van der Waals surface area contributed by atoms with Gasteiger partial charge in [0.25, 0.3) is 0 Å². The monoisotopic (exact) mass is 234 g/mol. The molecule has 1 N–H and O–H groups in total. The minimum Gasteiger partial charge on any atom is -0.494 e. The van der Waals surface area contributed by atoms with Crippen LogP contribution in [-0.2, 0) is 4.74 Å². The summed E-state index contributed by atoms with van der Waals surface area (Å²) >= 11 is 0. The van der Waals surface area contributed by atoms with Gasteiger partial charge >= 0.3 is 0 Å². The molecule has 1 aromatic carbocycles. The molecule has 0 bridgehead atoms. The summed E-state index contributed by atoms with van der Waals surface area (Å²) < 4.78 is 16.6. The van der Waals surface area contributed by atoms with Crippen LogP contribution in [0.4, 0.5) is 0 Å². The van der Waals surface area contributed by atoms with Gasteiger partial charge in [0.2, 0.25) is 5.89 Å². The summed E-state index contributed by atoms with van der Waals surface area (Å²) in [5, 5.41) is 3.25. The predicted molar refractivity (Wildman–Crippen MR) is 62.1 cm³/mol. The van der Waals surface area contributed by atoms with Crippen molar-refractivity contribution >= 4 is 11.1 Å². The molecule has 0 radical (unpaired) electrons. The highest BCUT2D eigenvalue weighted by Crippen LogP contribution is 2.28. The number of nitrogens with zero attached hydrogens (tertiary/aromatic N) is 1. The highest BCUT2D eigenvalue weighted by atomic mass is 16.5. The van der Waals surface area contributed by atoms with Crippen LogP contribution >= 0.6 is 0 Å². The fourth-order valence-corrected chi connectivity index (χ4v) is 1.97. The SMILES string of the molecule is COc1cccc2oc(C3CNCCO3)nc12. The van der Waals surface area contributed by atoms with E-state index in [1.165, 1.54) is 0 Å². The van der Waals surface area contributed by atoms with Gasteiger partial charge in [0.1, 0.15) is 11.9 Å². The van der Waals surface area contributed by atoms with Crippen molar-refractivity contribution < 1.29 is 13.9 Å². The molecular formula is C12H14N2O3. The summed E-state index contributed by atoms with van der Waals surface area (Å²) in [5.74, 6) is 1.33. The van der Waals surface area contributed by atoms with E-state index in [1.54, 1.807) is 7.11 Å². The predicted octanol–water partition coefficient (Wildman–Crippen LogP) is 1.50. The first kappa shape index (κ1) is 10.6. The van der Waals surface area contributed by atoms with Crippen molar-refractivity contribution in [1.29, 1.82) is 0 Å². The molecule has 90 valence electrons. The Kier molecular flexibility index (Phi) is 2.70. The zero-order valence-electron chi connectivity index (χ0n) is 9.60. The highest BCUT2D eigenvalue weighted by molar-refractivity contribution is 5.79. The smallest absolute Gasteiger partial charge is 0.226 e. The second kappa shape index (κ2) is 4.35. The van der Waals surface area contributed by atoms with Crippen molar-refractivity contribution in [2.45, 2.75) is 6.10 Å². The van der Waals surface area contributed by atoms with Gasteiger partial charge in [0, 0.05) is 13.1 Å². The third kappa shape index (κ3) is 1.87. The average Bonchev–Trinajstić information content (AvgIpc) is 2.83. The van der Waals surface area contributed by atoms with Crippen LogP contribution in [0.1, 0.15) is 12.0 Å². The first-order valence-electron chi connectivity index (χ1n) is 5.64. The molecule has 1 fully saturated rings. The van der Waals surface area contributed by atoms with E-state index < -0.39 is 0 Å². The van der Waals surface area contributed by atoms with Gasteiger partial charge in [0.15, 0.2) is 11.1 Å². The number of fused-ring (bicyclic) bond motifs is 1. The van der Waals surface area contributed by atoms with Crippen LogP contribution in [0.25, 0.3) is 11.1 Å². The zero-order valence-corrected chi connectivity index (χ0v) is 9.60. The number of hydrogen-bond acceptors (Lipinski definition) is 5. The number of oxazole rings is 1. The summed E-state index contributed by atoms with van der Waals surface area (Å²) in [6, 6.07) is 5.63. The Morgan fingerprint density at radius 2 is 2.41 bits per heavy atom. The second-order valence-electron chi connectivity index (χ2n) is 3.92. The number of rotatable bonds is 2. The highest BCUT2D eigenvalue weighted by Gasteiger charge is 2.22. The summed E-state index contributed by atoms with van der Waals surface area (Å²) in [5.41, 5.74) is 1.48. The molecule has 5 heteroatoms. The van der Waals surface area contributed by atoms with Crippen LogP contribution in [0.5, 0.6) is 5.75 Å². The van der Waals surface area contributed by atoms with Gasteiger partial charge in [0.05, 0.1) is 13.7 Å². The molecule has 2 aromatic rings. The van der Waals surface area contributed by atoms with E-state index in [0.29, 0.717) is 12.5 Å². The normalized spacial score (nSPS) is 20.6. The third-order valence-corrected chi connectivity index (χ3v) is 2.82. The Hall–Kier alpha value is -1.59. The average molecular weight is 234 g/mol. The standard InChI is InChI=1S/C12H14N2O3/c1-15-8-3-2-4-9-11(8)14-12(17-9)10-7-13-5-6-16-10/h2-4,10,13H,5-7H2,1H3. The van der Waals surface area contributed by atoms with Gasteiger partial charge in [-0.2, -0.15) is 0 Å². The van der Waals surface area contributed by atoms with Crippen LogP contribution in [-0.4, -0.2) is 31.8 Å². The van der Waals surface area contributed by atoms with Gasteiger partial charge in [-0.15, -0.1) is 0 Å². The molecule has 0 saturated carbocycles. The molecule has 1 aliphatic rings. The van der Waals surface area contributed by atoms with E-state index in [4.69, 9.17) is 13.9 Å². The number of para-hydroxylation sites is 1. The van der Waals surface area contributed by atoms with E-state index in [0.717, 1.165) is 29.9 Å². The van der Waals surface area contributed by atoms with Crippen LogP contribution in [0.3, 0.4) is 0 Å². The molecule has 1 aliphatic heterocycles. The Morgan fingerprint density at radius 3 is 3.18 bits per heavy atom. The largest absolute Gasteiger partial charge is 0.494 e. The molecule has 2 heterocycles. The summed E-state index contributed by atoms with van der Waals surface area (Å²) in [7, 11) is 1.63. The molecule has 3 rings (SSSR count). The fraction of sp³-hybridized carbons (Fsp3) is 0.417. The molecule has 1 unspecified atom stereocenters. The van der Waals surface area contributed by atoms with Crippen molar-refractivity contribution in [1.82, 2.24) is 10.3 Å². The van der Waals surface area contributed by atoms with Crippen molar-refractivity contribution in [3.8, 4) is 5.75 Å². The van der Waals surface area contributed by atoms with Gasteiger partial charge in [-0.3, -0.25) is 0 Å². The maximum atomic E-state index is 5.69. The molecule has 17 heavy (non-hydrogen) atoms. The summed E-state index contributed by atoms with van der Waals surface area (Å²) in [4.78, 5) is 4.45. The Balaban J connectivity index is 2.00. The van der Waals surface area contributed by atoms with Gasteiger partial charge in [-0.1, -0.05) is 6.07 Å². The molecular weight excluding hydrogens is 220 g/mol. The Morgan fingerprint density at radius 1 is 1.47 bits per heavy atom. The van der Waals surface area contributed by atoms with E-state index in [1.807, 2.05) is 18.2 Å². The van der Waals surface area contributed by atoms with Crippen LogP contribution in [0, 0.1) is 0 Å². The van der Waals surface area contributed by atoms with E-state index in [9.17, 15) is 0 Å². The molecule has 5 nitrogen and oxygen atoms in total. The molecule has 1 atom stereocenters. The van der Waals surface area contributed by atoms with Gasteiger partial charge < -0.3 is 19.2 Å². The topological polar surface area (TPSA) is 56.5 Å². The minimum atomic E-state index is -0.110. The quantitative estimate of drug-likeness (QED) is 0.853. The molecule has 0 spiro atoms. The van der Waals surface area contributed by atoms with Crippen LogP contribution in [0.2, 0.25) is 0 Å². The maximum Gasteiger partial charge on any atom is 0.226 e. The number of morpholine rings is 1. The Bertz CT molecular complexity index is 517. The Labute approximate surface area is 98.7 Å². The number of aromatic nitrogens is 1. The first-order valence-corrected chi connectivity index (χ1v) is 5.64. The van der Waals surface area contributed by atoms with Crippen molar-refractivity contribution in [3.63, 3.8) is 0 Å². The number of benzene rings is 1. The van der Waals surface area contributed by atoms with Crippen LogP contribution < -0.4 is 10.1 Å². The van der Waals surface area contributed by atoms with E-state index in [-0.39, 0.29) is 6.10 Å². The van der Waals surface area contributed by atoms with Gasteiger partial charge in [-0.25, -0.2) is 4.98 Å². The lowest BCUT2D eigenvalue weighted by Crippen LogP contribution is -2.33. The zero-order chi connectivity index (χ0) is 11.7. The molecule has 1 aromatic heterocycles. The molecule has 0 aliphatic carbocycles. The fourth-order valence-electron chi connectivity index (χ4n) is 1.97. The maximum absolute atomic E-state index is 5.69. The lowest BCUT2D eigenvalue weighted by atomic mass is 10.3. The number of nitrogens with one attached hydrogen (secondary N) is 1. The van der Waals surface area contributed by atoms with E-state index >= 15 is 0 Å². The van der Waals surface area contributed by atoms with Crippen molar-refractivity contribution in [2.24, 2.45) is 0 Å². The minimum absolute atomic E-state index is 0.110. The second-order valence-corrected chi connectivity index (χ2v) is 3.92. The molecule has 1 saturated heterocycles. The first-order chi connectivity index (χ1) is 8.38. The van der Waals surface area contributed by atoms with Crippen molar-refractivity contribution in [2.75, 3.05) is 26.8 Å². The summed E-state index contributed by atoms with van der Waals surface area (Å²) in [6.45, 7) is 2.29. The molecule has 0 amide bonds.